The molecule has 0 aliphatic carbocycles. The van der Waals surface area contributed by atoms with Crippen LogP contribution in [0.1, 0.15) is 53.4 Å². The number of nitrogens with one attached hydrogen (secondary N) is 1. The summed E-state index contributed by atoms with van der Waals surface area (Å²) >= 11 is 0. The van der Waals surface area contributed by atoms with Crippen molar-refractivity contribution < 1.29 is 8.42 Å². The SMILES string of the molecule is CCCCN(CC1CCCN1)S(=O)(=O)C(C)(C)C. The van der Waals surface area contributed by atoms with Crippen molar-refractivity contribution in [1.29, 1.82) is 0 Å². The van der Waals surface area contributed by atoms with Gasteiger partial charge in [-0.15, -0.1) is 0 Å². The van der Waals surface area contributed by atoms with Crippen molar-refractivity contribution in [2.75, 3.05) is 19.6 Å². The van der Waals surface area contributed by atoms with Gasteiger partial charge in [0.1, 0.15) is 0 Å². The summed E-state index contributed by atoms with van der Waals surface area (Å²) in [4.78, 5) is 0. The van der Waals surface area contributed by atoms with Gasteiger partial charge < -0.3 is 5.32 Å². The van der Waals surface area contributed by atoms with Gasteiger partial charge in [0, 0.05) is 19.1 Å². The second-order valence-electron chi connectivity index (χ2n) is 6.12. The van der Waals surface area contributed by atoms with Gasteiger partial charge in [0.15, 0.2) is 0 Å². The van der Waals surface area contributed by atoms with Crippen LogP contribution in [0.2, 0.25) is 0 Å². The number of rotatable bonds is 6. The van der Waals surface area contributed by atoms with Crippen molar-refractivity contribution in [2.45, 2.75) is 64.2 Å². The average Bonchev–Trinajstić information content (AvgIpc) is 2.75. The minimum absolute atomic E-state index is 0.332. The summed E-state index contributed by atoms with van der Waals surface area (Å²) in [7, 11) is -3.20. The smallest absolute Gasteiger partial charge is 0.219 e. The van der Waals surface area contributed by atoms with Gasteiger partial charge in [-0.2, -0.15) is 4.31 Å². The topological polar surface area (TPSA) is 49.4 Å². The first-order valence-corrected chi connectivity index (χ1v) is 8.46. The lowest BCUT2D eigenvalue weighted by atomic mass is 10.2. The standard InChI is InChI=1S/C13H28N2O2S/c1-5-6-10-15(11-12-8-7-9-14-12)18(16,17)13(2,3)4/h12,14H,5-11H2,1-4H3. The van der Waals surface area contributed by atoms with Gasteiger partial charge in [0.2, 0.25) is 10.0 Å². The van der Waals surface area contributed by atoms with Crippen LogP contribution in [0.15, 0.2) is 0 Å². The third kappa shape index (κ3) is 3.93. The molecule has 1 atom stereocenters. The molecule has 0 amide bonds. The summed E-state index contributed by atoms with van der Waals surface area (Å²) in [5.74, 6) is 0. The van der Waals surface area contributed by atoms with E-state index < -0.39 is 14.8 Å². The van der Waals surface area contributed by atoms with Crippen molar-refractivity contribution in [3.63, 3.8) is 0 Å². The van der Waals surface area contributed by atoms with Crippen molar-refractivity contribution >= 4 is 10.0 Å². The van der Waals surface area contributed by atoms with Crippen molar-refractivity contribution in [2.24, 2.45) is 0 Å². The first-order valence-electron chi connectivity index (χ1n) is 7.02. The first-order chi connectivity index (χ1) is 8.29. The maximum atomic E-state index is 12.5. The summed E-state index contributed by atoms with van der Waals surface area (Å²) < 4.78 is 26.1. The molecule has 18 heavy (non-hydrogen) atoms. The predicted octanol–water partition coefficient (Wildman–Crippen LogP) is 1.97. The van der Waals surface area contributed by atoms with E-state index in [1.165, 1.54) is 0 Å². The minimum Gasteiger partial charge on any atom is -0.313 e. The number of sulfonamides is 1. The molecule has 1 heterocycles. The molecule has 0 aromatic rings. The fraction of sp³-hybridized carbons (Fsp3) is 1.00. The quantitative estimate of drug-likeness (QED) is 0.807. The van der Waals surface area contributed by atoms with Gasteiger partial charge in [-0.05, 0) is 46.6 Å². The van der Waals surface area contributed by atoms with Crippen molar-refractivity contribution in [1.82, 2.24) is 9.62 Å². The van der Waals surface area contributed by atoms with Gasteiger partial charge >= 0.3 is 0 Å². The monoisotopic (exact) mass is 276 g/mol. The summed E-state index contributed by atoms with van der Waals surface area (Å²) in [6, 6.07) is 0.332. The Morgan fingerprint density at radius 1 is 1.33 bits per heavy atom. The third-order valence-corrected chi connectivity index (χ3v) is 6.02. The first kappa shape index (κ1) is 15.9. The Morgan fingerprint density at radius 3 is 2.44 bits per heavy atom. The van der Waals surface area contributed by atoms with E-state index in [4.69, 9.17) is 0 Å². The van der Waals surface area contributed by atoms with Crippen LogP contribution in [0.5, 0.6) is 0 Å². The molecule has 0 aromatic carbocycles. The number of nitrogens with zero attached hydrogens (tertiary/aromatic N) is 1. The molecule has 1 N–H and O–H groups in total. The van der Waals surface area contributed by atoms with Crippen LogP contribution >= 0.6 is 0 Å². The van der Waals surface area contributed by atoms with E-state index in [0.29, 0.717) is 19.1 Å². The Labute approximate surface area is 112 Å². The van der Waals surface area contributed by atoms with Gasteiger partial charge in [-0.25, -0.2) is 8.42 Å². The maximum absolute atomic E-state index is 12.5. The Hall–Kier alpha value is -0.130. The van der Waals surface area contributed by atoms with E-state index in [2.05, 4.69) is 12.2 Å². The van der Waals surface area contributed by atoms with Gasteiger partial charge in [0.05, 0.1) is 4.75 Å². The normalized spacial score (nSPS) is 21.7. The Bertz CT molecular complexity index is 340. The zero-order valence-corrected chi connectivity index (χ0v) is 13.0. The molecule has 0 saturated carbocycles. The maximum Gasteiger partial charge on any atom is 0.219 e. The molecule has 108 valence electrons. The van der Waals surface area contributed by atoms with Gasteiger partial charge in [0.25, 0.3) is 0 Å². The predicted molar refractivity (Wildman–Crippen MR) is 76.2 cm³/mol. The highest BCUT2D eigenvalue weighted by Gasteiger charge is 2.36. The van der Waals surface area contributed by atoms with E-state index in [9.17, 15) is 8.42 Å². The third-order valence-electron chi connectivity index (χ3n) is 3.46. The molecule has 0 radical (unpaired) electrons. The molecule has 1 rings (SSSR count). The van der Waals surface area contributed by atoms with Crippen LogP contribution < -0.4 is 5.32 Å². The van der Waals surface area contributed by atoms with E-state index in [-0.39, 0.29) is 0 Å². The molecular weight excluding hydrogens is 248 g/mol. The van der Waals surface area contributed by atoms with E-state index in [1.54, 1.807) is 25.1 Å². The summed E-state index contributed by atoms with van der Waals surface area (Å²) in [5.41, 5.74) is 0. The number of hydrogen-bond donors (Lipinski definition) is 1. The lowest BCUT2D eigenvalue weighted by Crippen LogP contribution is -2.48. The lowest BCUT2D eigenvalue weighted by molar-refractivity contribution is 0.353. The van der Waals surface area contributed by atoms with E-state index in [0.717, 1.165) is 32.2 Å². The van der Waals surface area contributed by atoms with Crippen LogP contribution in [0.3, 0.4) is 0 Å². The molecule has 0 spiro atoms. The second-order valence-corrected chi connectivity index (χ2v) is 8.81. The summed E-state index contributed by atoms with van der Waals surface area (Å²) in [5, 5.41) is 3.38. The lowest BCUT2D eigenvalue weighted by Gasteiger charge is -2.31. The number of hydrogen-bond acceptors (Lipinski definition) is 3. The molecule has 1 aliphatic heterocycles. The van der Waals surface area contributed by atoms with Crippen LogP contribution in [0.4, 0.5) is 0 Å². The second kappa shape index (κ2) is 6.35. The molecule has 1 saturated heterocycles. The zero-order valence-electron chi connectivity index (χ0n) is 12.2. The van der Waals surface area contributed by atoms with Crippen molar-refractivity contribution in [3.8, 4) is 0 Å². The molecule has 1 fully saturated rings. The summed E-state index contributed by atoms with van der Waals surface area (Å²) in [6.45, 7) is 9.72. The molecule has 0 bridgehead atoms. The number of unbranched alkanes of at least 4 members (excludes halogenated alkanes) is 1. The molecule has 5 heteroatoms. The summed E-state index contributed by atoms with van der Waals surface area (Å²) in [6.07, 6.45) is 4.19. The molecular formula is C13H28N2O2S. The van der Waals surface area contributed by atoms with E-state index >= 15 is 0 Å². The van der Waals surface area contributed by atoms with Crippen LogP contribution in [0.25, 0.3) is 0 Å². The molecule has 1 aliphatic rings. The highest BCUT2D eigenvalue weighted by atomic mass is 32.2. The van der Waals surface area contributed by atoms with Crippen LogP contribution in [0, 0.1) is 0 Å². The minimum atomic E-state index is -3.20. The van der Waals surface area contributed by atoms with Crippen LogP contribution in [-0.4, -0.2) is 43.1 Å². The van der Waals surface area contributed by atoms with Crippen LogP contribution in [-0.2, 0) is 10.0 Å². The molecule has 4 nitrogen and oxygen atoms in total. The Kier molecular flexibility index (Phi) is 5.62. The van der Waals surface area contributed by atoms with Gasteiger partial charge in [-0.3, -0.25) is 0 Å². The van der Waals surface area contributed by atoms with Crippen molar-refractivity contribution in [3.05, 3.63) is 0 Å². The Morgan fingerprint density at radius 2 is 2.00 bits per heavy atom. The highest BCUT2D eigenvalue weighted by Crippen LogP contribution is 2.22. The van der Waals surface area contributed by atoms with E-state index in [1.807, 2.05) is 0 Å². The fourth-order valence-electron chi connectivity index (χ4n) is 2.19. The highest BCUT2D eigenvalue weighted by molar-refractivity contribution is 7.90. The average molecular weight is 276 g/mol. The van der Waals surface area contributed by atoms with Gasteiger partial charge in [-0.1, -0.05) is 13.3 Å². The largest absolute Gasteiger partial charge is 0.313 e. The molecule has 1 unspecified atom stereocenters. The Balaban J connectivity index is 2.76. The fourth-order valence-corrected chi connectivity index (χ4v) is 3.71. The molecule has 0 aromatic heterocycles. The zero-order chi connectivity index (χ0) is 13.8.